The number of pyridine rings is 2. The fourth-order valence-corrected chi connectivity index (χ4v) is 3.66. The Labute approximate surface area is 234 Å². The van der Waals surface area contributed by atoms with Crippen molar-refractivity contribution in [2.24, 2.45) is 0 Å². The van der Waals surface area contributed by atoms with Crippen molar-refractivity contribution in [1.82, 2.24) is 25.5 Å². The molecule has 2 aromatic heterocycles. The van der Waals surface area contributed by atoms with Gasteiger partial charge < -0.3 is 26.0 Å². The third-order valence-corrected chi connectivity index (χ3v) is 5.54. The molecule has 2 heterocycles. The predicted molar refractivity (Wildman–Crippen MR) is 132 cm³/mol. The number of carbonyl (C=O) groups is 4. The van der Waals surface area contributed by atoms with E-state index >= 15 is 0 Å². The zero-order valence-electron chi connectivity index (χ0n) is 20.8. The molecule has 0 aromatic carbocycles. The van der Waals surface area contributed by atoms with Crippen LogP contribution < -0.4 is 10.6 Å². The van der Waals surface area contributed by atoms with E-state index in [9.17, 15) is 24.3 Å². The van der Waals surface area contributed by atoms with Crippen LogP contribution in [-0.4, -0.2) is 72.8 Å². The molecule has 0 saturated carbocycles. The number of aromatic nitrogens is 2. The smallest absolute Gasteiger partial charge is 0.326 e. The van der Waals surface area contributed by atoms with Gasteiger partial charge in [0.15, 0.2) is 0 Å². The molecular formula is C25H33N5O7Re. The first-order chi connectivity index (χ1) is 17.7. The van der Waals surface area contributed by atoms with Gasteiger partial charge in [0.2, 0.25) is 0 Å². The van der Waals surface area contributed by atoms with Gasteiger partial charge in [0, 0.05) is 52.3 Å². The molecule has 38 heavy (non-hydrogen) atoms. The summed E-state index contributed by atoms with van der Waals surface area (Å²) in [7, 11) is 0. The summed E-state index contributed by atoms with van der Waals surface area (Å²) in [5.74, 6) is -3.83. The van der Waals surface area contributed by atoms with Gasteiger partial charge in [-0.25, -0.2) is 14.4 Å². The number of nitrogens with zero attached hydrogens (tertiary/aromatic N) is 3. The number of aliphatic carboxylic acids is 3. The summed E-state index contributed by atoms with van der Waals surface area (Å²) in [6.45, 7) is 2.02. The van der Waals surface area contributed by atoms with Crippen LogP contribution in [0.1, 0.15) is 49.9 Å². The summed E-state index contributed by atoms with van der Waals surface area (Å²) in [5.41, 5.74) is 1.87. The van der Waals surface area contributed by atoms with Gasteiger partial charge >= 0.3 is 23.9 Å². The molecule has 13 heteroatoms. The molecular weight excluding hydrogens is 669 g/mol. The first kappa shape index (κ1) is 32.6. The van der Waals surface area contributed by atoms with Crippen LogP contribution in [-0.2, 0) is 47.9 Å². The summed E-state index contributed by atoms with van der Waals surface area (Å²) < 4.78 is 0. The van der Waals surface area contributed by atoms with Crippen LogP contribution in [0.25, 0.3) is 0 Å². The monoisotopic (exact) mass is 702 g/mol. The molecule has 1 radical (unpaired) electrons. The maximum atomic E-state index is 12.1. The number of unbranched alkanes of at least 4 members (excludes halogenated alkanes) is 2. The van der Waals surface area contributed by atoms with Crippen molar-refractivity contribution in [1.29, 1.82) is 0 Å². The molecule has 0 aliphatic carbocycles. The molecule has 0 spiro atoms. The number of nitrogens with one attached hydrogen (secondary N) is 2. The quantitative estimate of drug-likeness (QED) is 0.153. The maximum absolute atomic E-state index is 12.1. The molecule has 12 nitrogen and oxygen atoms in total. The molecule has 0 saturated heterocycles. The number of hydrogen-bond donors (Lipinski definition) is 5. The van der Waals surface area contributed by atoms with E-state index in [1.54, 1.807) is 12.4 Å². The molecule has 0 aliphatic heterocycles. The van der Waals surface area contributed by atoms with E-state index in [0.717, 1.165) is 24.4 Å². The van der Waals surface area contributed by atoms with Crippen LogP contribution in [0, 0.1) is 0 Å². The Kier molecular flexibility index (Phi) is 15.4. The fraction of sp³-hybridized carbons (Fsp3) is 0.440. The third kappa shape index (κ3) is 13.2. The van der Waals surface area contributed by atoms with Crippen LogP contribution >= 0.6 is 0 Å². The Morgan fingerprint density at radius 3 is 1.74 bits per heavy atom. The fourth-order valence-electron chi connectivity index (χ4n) is 3.66. The van der Waals surface area contributed by atoms with Crippen LogP contribution in [0.15, 0.2) is 48.8 Å². The Morgan fingerprint density at radius 1 is 0.763 bits per heavy atom. The topological polar surface area (TPSA) is 182 Å². The van der Waals surface area contributed by atoms with E-state index in [0.29, 0.717) is 25.9 Å². The largest absolute Gasteiger partial charge is 0.481 e. The predicted octanol–water partition coefficient (Wildman–Crippen LogP) is 2.11. The average molecular weight is 702 g/mol. The van der Waals surface area contributed by atoms with Crippen molar-refractivity contribution in [3.8, 4) is 0 Å². The summed E-state index contributed by atoms with van der Waals surface area (Å²) in [6, 6.07) is 7.88. The van der Waals surface area contributed by atoms with Gasteiger partial charge in [0.1, 0.15) is 12.1 Å². The van der Waals surface area contributed by atoms with Crippen molar-refractivity contribution < 1.29 is 54.9 Å². The Morgan fingerprint density at radius 2 is 1.29 bits per heavy atom. The standard InChI is InChI=1S/C25H33N5O7.Re/c31-22(32)12-11-21(24(35)36)29-25(37)28-20(23(33)34)10-2-1-7-15-30(16-18-8-3-5-13-26-18)17-19-9-4-6-14-27-19;/h3-6,8-9,13-14,20-21H,1-2,7,10-12,15-17H2,(H,31,32)(H,33,34)(H,35,36)(H2,28,29,37);/t20-,21-;/m0./s1. The van der Waals surface area contributed by atoms with Gasteiger partial charge in [-0.1, -0.05) is 25.0 Å². The number of carboxylic acid groups (broad SMARTS) is 3. The van der Waals surface area contributed by atoms with Crippen molar-refractivity contribution in [2.75, 3.05) is 6.54 Å². The van der Waals surface area contributed by atoms with Crippen molar-refractivity contribution in [3.63, 3.8) is 0 Å². The molecule has 2 atom stereocenters. The SMILES string of the molecule is O=C(O)CC[C@H](NC(=O)N[C@@H](CCCCCN(Cc1ccccn1)Cc1ccccn1)C(=O)O)C(=O)O.[Re]. The van der Waals surface area contributed by atoms with E-state index in [2.05, 4.69) is 25.5 Å². The first-order valence-electron chi connectivity index (χ1n) is 12.0. The number of carbonyl (C=O) groups excluding carboxylic acids is 1. The van der Waals surface area contributed by atoms with Crippen LogP contribution in [0.2, 0.25) is 0 Å². The Hall–Kier alpha value is -3.40. The third-order valence-electron chi connectivity index (χ3n) is 5.54. The van der Waals surface area contributed by atoms with Gasteiger partial charge in [-0.15, -0.1) is 0 Å². The van der Waals surface area contributed by atoms with Gasteiger partial charge in [-0.05, 0) is 50.1 Å². The number of rotatable bonds is 17. The molecule has 0 unspecified atom stereocenters. The summed E-state index contributed by atoms with van der Waals surface area (Å²) >= 11 is 0. The minimum atomic E-state index is -1.44. The average Bonchev–Trinajstić information content (AvgIpc) is 2.86. The Balaban J connectivity index is 0.00000722. The van der Waals surface area contributed by atoms with Gasteiger partial charge in [-0.3, -0.25) is 19.7 Å². The molecule has 0 bridgehead atoms. The zero-order chi connectivity index (χ0) is 27.0. The van der Waals surface area contributed by atoms with Gasteiger partial charge in [0.25, 0.3) is 0 Å². The number of urea groups is 1. The van der Waals surface area contributed by atoms with E-state index < -0.39 is 42.4 Å². The normalized spacial score (nSPS) is 12.1. The maximum Gasteiger partial charge on any atom is 0.326 e. The van der Waals surface area contributed by atoms with Crippen LogP contribution in [0.3, 0.4) is 0 Å². The number of amides is 2. The van der Waals surface area contributed by atoms with Gasteiger partial charge in [0.05, 0.1) is 11.4 Å². The van der Waals surface area contributed by atoms with Gasteiger partial charge in [-0.2, -0.15) is 0 Å². The molecule has 0 fully saturated rings. The number of carboxylic acids is 3. The van der Waals surface area contributed by atoms with Crippen molar-refractivity contribution in [2.45, 2.75) is 63.7 Å². The summed E-state index contributed by atoms with van der Waals surface area (Å²) in [4.78, 5) is 56.6. The molecule has 2 aromatic rings. The molecule has 207 valence electrons. The summed E-state index contributed by atoms with van der Waals surface area (Å²) in [5, 5.41) is 31.7. The van der Waals surface area contributed by atoms with Crippen molar-refractivity contribution >= 4 is 23.9 Å². The van der Waals surface area contributed by atoms with Crippen molar-refractivity contribution in [3.05, 3.63) is 60.2 Å². The number of hydrogen-bond acceptors (Lipinski definition) is 7. The second-order valence-electron chi connectivity index (χ2n) is 8.53. The van der Waals surface area contributed by atoms with E-state index in [-0.39, 0.29) is 33.3 Å². The van der Waals surface area contributed by atoms with E-state index in [1.165, 1.54) is 0 Å². The molecule has 2 amide bonds. The molecule has 2 rings (SSSR count). The first-order valence-corrected chi connectivity index (χ1v) is 12.0. The molecule has 5 N–H and O–H groups in total. The minimum Gasteiger partial charge on any atom is -0.481 e. The van der Waals surface area contributed by atoms with Crippen LogP contribution in [0.4, 0.5) is 4.79 Å². The second-order valence-corrected chi connectivity index (χ2v) is 8.53. The van der Waals surface area contributed by atoms with E-state index in [4.69, 9.17) is 10.2 Å². The molecule has 0 aliphatic rings. The van der Waals surface area contributed by atoms with Crippen LogP contribution in [0.5, 0.6) is 0 Å². The zero-order valence-corrected chi connectivity index (χ0v) is 23.5. The second kappa shape index (κ2) is 18.0. The minimum absolute atomic E-state index is 0. The van der Waals surface area contributed by atoms with E-state index in [1.807, 2.05) is 36.4 Å². The Bertz CT molecular complexity index is 972. The summed E-state index contributed by atoms with van der Waals surface area (Å²) in [6.07, 6.45) is 4.91.